The molecule has 2 aromatic heterocycles. The van der Waals surface area contributed by atoms with Crippen LogP contribution in [0.1, 0.15) is 22.6 Å². The topological polar surface area (TPSA) is 57.4 Å². The van der Waals surface area contributed by atoms with Crippen LogP contribution in [0.15, 0.2) is 18.3 Å². The smallest absolute Gasteiger partial charge is 0.0644 e. The van der Waals surface area contributed by atoms with Crippen molar-refractivity contribution in [2.75, 3.05) is 37.7 Å². The summed E-state index contributed by atoms with van der Waals surface area (Å²) in [7, 11) is 0. The van der Waals surface area contributed by atoms with Crippen LogP contribution < -0.4 is 4.90 Å². The first-order valence-corrected chi connectivity index (χ1v) is 8.62. The lowest BCUT2D eigenvalue weighted by atomic mass is 10.1. The van der Waals surface area contributed by atoms with Gasteiger partial charge in [0.25, 0.3) is 0 Å². The molecule has 1 aliphatic heterocycles. The van der Waals surface area contributed by atoms with Crippen molar-refractivity contribution in [1.82, 2.24) is 19.7 Å². The lowest BCUT2D eigenvalue weighted by molar-refractivity contribution is 0.248. The second-order valence-electron chi connectivity index (χ2n) is 6.51. The molecule has 1 N–H and O–H groups in total. The molecule has 3 rings (SSSR count). The first kappa shape index (κ1) is 16.9. The number of anilines is 1. The van der Waals surface area contributed by atoms with E-state index in [1.165, 1.54) is 16.9 Å². The number of aliphatic hydroxyl groups excluding tert-OH is 1. The molecule has 6 nitrogen and oxygen atoms in total. The van der Waals surface area contributed by atoms with Gasteiger partial charge in [-0.25, -0.2) is 0 Å². The maximum Gasteiger partial charge on any atom is 0.0644 e. The Hall–Kier alpha value is -1.92. The van der Waals surface area contributed by atoms with E-state index in [1.54, 1.807) is 0 Å². The molecule has 0 aliphatic carbocycles. The molecule has 0 aromatic carbocycles. The van der Waals surface area contributed by atoms with Crippen LogP contribution in [0.2, 0.25) is 0 Å². The van der Waals surface area contributed by atoms with Crippen molar-refractivity contribution in [3.8, 4) is 0 Å². The van der Waals surface area contributed by atoms with Gasteiger partial charge in [-0.05, 0) is 32.9 Å². The second kappa shape index (κ2) is 7.32. The first-order valence-electron chi connectivity index (χ1n) is 8.62. The second-order valence-corrected chi connectivity index (χ2v) is 6.51. The molecule has 1 fully saturated rings. The van der Waals surface area contributed by atoms with Gasteiger partial charge in [0.15, 0.2) is 0 Å². The van der Waals surface area contributed by atoms with Gasteiger partial charge in [-0.1, -0.05) is 0 Å². The average Bonchev–Trinajstić information content (AvgIpc) is 2.83. The van der Waals surface area contributed by atoms with E-state index in [1.807, 2.05) is 17.8 Å². The number of hydrogen-bond donors (Lipinski definition) is 1. The molecule has 6 heteroatoms. The highest BCUT2D eigenvalue weighted by molar-refractivity contribution is 5.46. The van der Waals surface area contributed by atoms with E-state index in [2.05, 4.69) is 45.9 Å². The molecule has 0 bridgehead atoms. The van der Waals surface area contributed by atoms with Crippen molar-refractivity contribution in [2.45, 2.75) is 33.9 Å². The molecule has 0 radical (unpaired) electrons. The van der Waals surface area contributed by atoms with Crippen LogP contribution in [0.3, 0.4) is 0 Å². The van der Waals surface area contributed by atoms with Crippen LogP contribution in [0.5, 0.6) is 0 Å². The minimum atomic E-state index is 0.130. The summed E-state index contributed by atoms with van der Waals surface area (Å²) >= 11 is 0. The molecule has 1 aliphatic rings. The lowest BCUT2D eigenvalue weighted by Gasteiger charge is -2.36. The zero-order valence-electron chi connectivity index (χ0n) is 14.9. The van der Waals surface area contributed by atoms with Crippen molar-refractivity contribution in [2.24, 2.45) is 0 Å². The molecule has 0 amide bonds. The lowest BCUT2D eigenvalue weighted by Crippen LogP contribution is -2.46. The monoisotopic (exact) mass is 329 g/mol. The third kappa shape index (κ3) is 3.60. The highest BCUT2D eigenvalue weighted by atomic mass is 16.3. The molecule has 0 spiro atoms. The first-order chi connectivity index (χ1) is 11.6. The Balaban J connectivity index is 1.62. The summed E-state index contributed by atoms with van der Waals surface area (Å²) in [6, 6.07) is 4.25. The number of aliphatic hydroxyl groups is 1. The van der Waals surface area contributed by atoms with Crippen molar-refractivity contribution in [3.05, 3.63) is 41.0 Å². The van der Waals surface area contributed by atoms with Crippen LogP contribution >= 0.6 is 0 Å². The summed E-state index contributed by atoms with van der Waals surface area (Å²) in [5.74, 6) is 0. The molecule has 0 unspecified atom stereocenters. The highest BCUT2D eigenvalue weighted by Crippen LogP contribution is 2.20. The minimum absolute atomic E-state index is 0.130. The van der Waals surface area contributed by atoms with Crippen LogP contribution in [-0.4, -0.2) is 57.6 Å². The number of aromatic nitrogens is 3. The Morgan fingerprint density at radius 1 is 1.12 bits per heavy atom. The Kier molecular flexibility index (Phi) is 5.16. The Morgan fingerprint density at radius 3 is 2.54 bits per heavy atom. The van der Waals surface area contributed by atoms with E-state index in [0.717, 1.165) is 44.1 Å². The van der Waals surface area contributed by atoms with Crippen LogP contribution in [0, 0.1) is 20.8 Å². The van der Waals surface area contributed by atoms with Gasteiger partial charge in [0.05, 0.1) is 18.8 Å². The maximum atomic E-state index is 9.14. The van der Waals surface area contributed by atoms with Gasteiger partial charge < -0.3 is 10.0 Å². The Labute approximate surface area is 143 Å². The van der Waals surface area contributed by atoms with Crippen molar-refractivity contribution >= 4 is 5.69 Å². The third-order valence-electron chi connectivity index (χ3n) is 4.84. The number of nitrogens with zero attached hydrogens (tertiary/aromatic N) is 5. The largest absolute Gasteiger partial charge is 0.394 e. The minimum Gasteiger partial charge on any atom is -0.394 e. The summed E-state index contributed by atoms with van der Waals surface area (Å²) in [4.78, 5) is 9.20. The summed E-state index contributed by atoms with van der Waals surface area (Å²) in [6.07, 6.45) is 1.89. The quantitative estimate of drug-likeness (QED) is 0.901. The van der Waals surface area contributed by atoms with Gasteiger partial charge >= 0.3 is 0 Å². The number of piperazine rings is 1. The number of rotatable bonds is 5. The molecule has 0 atom stereocenters. The fraction of sp³-hybridized carbons (Fsp3) is 0.556. The van der Waals surface area contributed by atoms with Crippen molar-refractivity contribution < 1.29 is 5.11 Å². The fourth-order valence-corrected chi connectivity index (χ4v) is 3.39. The molecule has 24 heavy (non-hydrogen) atoms. The molecular formula is C18H27N5O. The Bertz CT molecular complexity index is 689. The van der Waals surface area contributed by atoms with Gasteiger partial charge in [-0.15, -0.1) is 0 Å². The van der Waals surface area contributed by atoms with E-state index in [9.17, 15) is 0 Å². The number of pyridine rings is 1. The standard InChI is InChI=1S/C18H27N5O/c1-14-12-17(4-5-19-14)22-8-6-21(7-9-22)13-18-15(2)20-23(10-11-24)16(18)3/h4-5,12,24H,6-11,13H2,1-3H3. The molecule has 1 saturated heterocycles. The fourth-order valence-electron chi connectivity index (χ4n) is 3.39. The van der Waals surface area contributed by atoms with E-state index < -0.39 is 0 Å². The average molecular weight is 329 g/mol. The van der Waals surface area contributed by atoms with Gasteiger partial charge in [0, 0.05) is 61.6 Å². The number of hydrogen-bond acceptors (Lipinski definition) is 5. The van der Waals surface area contributed by atoms with Gasteiger partial charge in [0.1, 0.15) is 0 Å². The van der Waals surface area contributed by atoms with Crippen molar-refractivity contribution in [3.63, 3.8) is 0 Å². The van der Waals surface area contributed by atoms with E-state index in [-0.39, 0.29) is 6.61 Å². The van der Waals surface area contributed by atoms with Crippen LogP contribution in [-0.2, 0) is 13.1 Å². The van der Waals surface area contributed by atoms with E-state index in [4.69, 9.17) is 5.11 Å². The zero-order valence-corrected chi connectivity index (χ0v) is 14.9. The summed E-state index contributed by atoms with van der Waals surface area (Å²) in [5.41, 5.74) is 5.89. The van der Waals surface area contributed by atoms with Crippen molar-refractivity contribution in [1.29, 1.82) is 0 Å². The van der Waals surface area contributed by atoms with Crippen LogP contribution in [0.25, 0.3) is 0 Å². The van der Waals surface area contributed by atoms with Gasteiger partial charge in [-0.2, -0.15) is 5.10 Å². The SMILES string of the molecule is Cc1cc(N2CCN(Cc3c(C)nn(CCO)c3C)CC2)ccn1. The summed E-state index contributed by atoms with van der Waals surface area (Å²) in [6.45, 7) is 12.0. The van der Waals surface area contributed by atoms with Gasteiger partial charge in [0.2, 0.25) is 0 Å². The van der Waals surface area contributed by atoms with Gasteiger partial charge in [-0.3, -0.25) is 14.6 Å². The normalized spacial score (nSPS) is 15.9. The molecule has 2 aromatic rings. The molecular weight excluding hydrogens is 302 g/mol. The van der Waals surface area contributed by atoms with E-state index >= 15 is 0 Å². The zero-order chi connectivity index (χ0) is 17.1. The van der Waals surface area contributed by atoms with E-state index in [0.29, 0.717) is 6.54 Å². The number of aryl methyl sites for hydroxylation is 2. The molecule has 3 heterocycles. The predicted molar refractivity (Wildman–Crippen MR) is 95.3 cm³/mol. The Morgan fingerprint density at radius 2 is 1.88 bits per heavy atom. The molecule has 130 valence electrons. The highest BCUT2D eigenvalue weighted by Gasteiger charge is 2.20. The maximum absolute atomic E-state index is 9.14. The third-order valence-corrected chi connectivity index (χ3v) is 4.84. The molecule has 0 saturated carbocycles. The van der Waals surface area contributed by atoms with Crippen LogP contribution in [0.4, 0.5) is 5.69 Å². The predicted octanol–water partition coefficient (Wildman–Crippen LogP) is 1.52. The summed E-state index contributed by atoms with van der Waals surface area (Å²) < 4.78 is 1.92. The summed E-state index contributed by atoms with van der Waals surface area (Å²) in [5, 5.41) is 13.7.